The van der Waals surface area contributed by atoms with Crippen LogP contribution in [0, 0.1) is 11.3 Å². The number of rotatable bonds is 4. The lowest BCUT2D eigenvalue weighted by molar-refractivity contribution is 0.656. The second kappa shape index (κ2) is 5.88. The van der Waals surface area contributed by atoms with Crippen molar-refractivity contribution >= 4 is 5.82 Å². The van der Waals surface area contributed by atoms with Crippen LogP contribution >= 0.6 is 0 Å². The molecule has 1 aromatic heterocycles. The number of nitriles is 1. The van der Waals surface area contributed by atoms with Gasteiger partial charge in [-0.15, -0.1) is 6.58 Å². The molecule has 0 bridgehead atoms. The molecule has 1 heterocycles. The maximum absolute atomic E-state index is 9.38. The van der Waals surface area contributed by atoms with E-state index in [1.165, 1.54) is 24.1 Å². The zero-order chi connectivity index (χ0) is 13.8. The normalized spacial score (nSPS) is 13.8. The number of nitrogens with zero attached hydrogens (tertiary/aromatic N) is 3. The van der Waals surface area contributed by atoms with Gasteiger partial charge in [-0.05, 0) is 51.2 Å². The smallest absolute Gasteiger partial charge is 0.147 e. The Hall–Kier alpha value is -1.82. The summed E-state index contributed by atoms with van der Waals surface area (Å²) in [5, 5.41) is 9.38. The summed E-state index contributed by atoms with van der Waals surface area (Å²) < 4.78 is 0. The van der Waals surface area contributed by atoms with Gasteiger partial charge in [0.15, 0.2) is 0 Å². The van der Waals surface area contributed by atoms with Crippen LogP contribution in [0.3, 0.4) is 0 Å². The second-order valence-electron chi connectivity index (χ2n) is 5.32. The Bertz CT molecular complexity index is 511. The van der Waals surface area contributed by atoms with Crippen molar-refractivity contribution in [3.05, 3.63) is 35.5 Å². The topological polar surface area (TPSA) is 39.9 Å². The molecule has 0 fully saturated rings. The highest BCUT2D eigenvalue weighted by atomic mass is 15.2. The number of anilines is 1. The number of aryl methyl sites for hydroxylation is 2. The Kier molecular flexibility index (Phi) is 4.21. The van der Waals surface area contributed by atoms with E-state index in [4.69, 9.17) is 4.98 Å². The molecule has 19 heavy (non-hydrogen) atoms. The van der Waals surface area contributed by atoms with E-state index in [1.54, 1.807) is 0 Å². The molecule has 100 valence electrons. The fraction of sp³-hybridized carbons (Fsp3) is 0.500. The minimum absolute atomic E-state index is 0.305. The molecule has 3 nitrogen and oxygen atoms in total. The van der Waals surface area contributed by atoms with Crippen molar-refractivity contribution in [1.29, 1.82) is 5.26 Å². The maximum Gasteiger partial charge on any atom is 0.147 e. The SMILES string of the molecule is C=CCN(c1nc2c(cc1C#N)CCCC2)C(C)C. The molecule has 0 radical (unpaired) electrons. The van der Waals surface area contributed by atoms with Gasteiger partial charge in [-0.1, -0.05) is 6.08 Å². The molecule has 2 rings (SSSR count). The first-order valence-corrected chi connectivity index (χ1v) is 6.97. The van der Waals surface area contributed by atoms with Crippen molar-refractivity contribution in [1.82, 2.24) is 4.98 Å². The zero-order valence-electron chi connectivity index (χ0n) is 11.8. The van der Waals surface area contributed by atoms with Crippen LogP contribution in [0.2, 0.25) is 0 Å². The van der Waals surface area contributed by atoms with Gasteiger partial charge < -0.3 is 4.90 Å². The van der Waals surface area contributed by atoms with Gasteiger partial charge >= 0.3 is 0 Å². The van der Waals surface area contributed by atoms with Crippen molar-refractivity contribution in [3.63, 3.8) is 0 Å². The fourth-order valence-electron chi connectivity index (χ4n) is 2.60. The average Bonchev–Trinajstić information content (AvgIpc) is 2.43. The molecule has 3 heteroatoms. The van der Waals surface area contributed by atoms with E-state index in [0.29, 0.717) is 11.6 Å². The first kappa shape index (κ1) is 13.6. The Labute approximate surface area is 115 Å². The molecular formula is C16H21N3. The average molecular weight is 255 g/mol. The van der Waals surface area contributed by atoms with Crippen LogP contribution < -0.4 is 4.90 Å². The van der Waals surface area contributed by atoms with Gasteiger partial charge in [-0.2, -0.15) is 5.26 Å². The van der Waals surface area contributed by atoms with E-state index in [0.717, 1.165) is 25.2 Å². The van der Waals surface area contributed by atoms with Gasteiger partial charge in [0.25, 0.3) is 0 Å². The molecule has 0 saturated carbocycles. The third kappa shape index (κ3) is 2.78. The van der Waals surface area contributed by atoms with Gasteiger partial charge in [-0.3, -0.25) is 0 Å². The summed E-state index contributed by atoms with van der Waals surface area (Å²) >= 11 is 0. The predicted molar refractivity (Wildman–Crippen MR) is 78.3 cm³/mol. The van der Waals surface area contributed by atoms with Crippen LogP contribution in [-0.2, 0) is 12.8 Å². The Morgan fingerprint density at radius 1 is 1.47 bits per heavy atom. The summed E-state index contributed by atoms with van der Waals surface area (Å²) in [6.45, 7) is 8.75. The number of hydrogen-bond donors (Lipinski definition) is 0. The molecule has 0 aliphatic heterocycles. The summed E-state index contributed by atoms with van der Waals surface area (Å²) in [5.74, 6) is 0.818. The van der Waals surface area contributed by atoms with Crippen molar-refractivity contribution < 1.29 is 0 Å². The minimum Gasteiger partial charge on any atom is -0.349 e. The van der Waals surface area contributed by atoms with Crippen molar-refractivity contribution in [3.8, 4) is 6.07 Å². The summed E-state index contributed by atoms with van der Waals surface area (Å²) in [4.78, 5) is 6.92. The minimum atomic E-state index is 0.305. The lowest BCUT2D eigenvalue weighted by Gasteiger charge is -2.29. The molecule has 0 spiro atoms. The summed E-state index contributed by atoms with van der Waals surface area (Å²) in [6, 6.07) is 4.64. The van der Waals surface area contributed by atoms with Gasteiger partial charge in [0.1, 0.15) is 11.9 Å². The molecule has 1 aliphatic rings. The third-order valence-corrected chi connectivity index (χ3v) is 3.62. The van der Waals surface area contributed by atoms with Crippen LogP contribution in [0.5, 0.6) is 0 Å². The highest BCUT2D eigenvalue weighted by molar-refractivity contribution is 5.57. The van der Waals surface area contributed by atoms with Crippen LogP contribution in [-0.4, -0.2) is 17.6 Å². The quantitative estimate of drug-likeness (QED) is 0.775. The zero-order valence-corrected chi connectivity index (χ0v) is 11.8. The number of pyridine rings is 1. The Morgan fingerprint density at radius 3 is 2.84 bits per heavy atom. The van der Waals surface area contributed by atoms with Gasteiger partial charge in [0, 0.05) is 18.3 Å². The lowest BCUT2D eigenvalue weighted by Crippen LogP contribution is -2.32. The van der Waals surface area contributed by atoms with Crippen molar-refractivity contribution in [2.24, 2.45) is 0 Å². The van der Waals surface area contributed by atoms with Crippen molar-refractivity contribution in [2.75, 3.05) is 11.4 Å². The number of hydrogen-bond acceptors (Lipinski definition) is 3. The molecule has 0 atom stereocenters. The highest BCUT2D eigenvalue weighted by Crippen LogP contribution is 2.27. The van der Waals surface area contributed by atoms with E-state index in [1.807, 2.05) is 12.1 Å². The maximum atomic E-state index is 9.38. The molecule has 0 unspecified atom stereocenters. The first-order chi connectivity index (χ1) is 9.17. The Morgan fingerprint density at radius 2 is 2.21 bits per heavy atom. The number of aromatic nitrogens is 1. The summed E-state index contributed by atoms with van der Waals surface area (Å²) in [7, 11) is 0. The molecular weight excluding hydrogens is 234 g/mol. The van der Waals surface area contributed by atoms with Crippen molar-refractivity contribution in [2.45, 2.75) is 45.6 Å². The van der Waals surface area contributed by atoms with E-state index >= 15 is 0 Å². The number of fused-ring (bicyclic) bond motifs is 1. The fourth-order valence-corrected chi connectivity index (χ4v) is 2.60. The van der Waals surface area contributed by atoms with Gasteiger partial charge in [0.2, 0.25) is 0 Å². The van der Waals surface area contributed by atoms with E-state index in [9.17, 15) is 5.26 Å². The largest absolute Gasteiger partial charge is 0.349 e. The van der Waals surface area contributed by atoms with Gasteiger partial charge in [-0.25, -0.2) is 4.98 Å². The Balaban J connectivity index is 2.48. The molecule has 1 aliphatic carbocycles. The molecule has 0 amide bonds. The molecule has 0 N–H and O–H groups in total. The lowest BCUT2D eigenvalue weighted by atomic mass is 9.94. The summed E-state index contributed by atoms with van der Waals surface area (Å²) in [6.07, 6.45) is 6.37. The highest BCUT2D eigenvalue weighted by Gasteiger charge is 2.20. The van der Waals surface area contributed by atoms with E-state index < -0.39 is 0 Å². The van der Waals surface area contributed by atoms with Crippen LogP contribution in [0.1, 0.15) is 43.5 Å². The van der Waals surface area contributed by atoms with E-state index in [-0.39, 0.29) is 0 Å². The molecule has 1 aromatic rings. The van der Waals surface area contributed by atoms with Crippen LogP contribution in [0.4, 0.5) is 5.82 Å². The van der Waals surface area contributed by atoms with Crippen LogP contribution in [0.15, 0.2) is 18.7 Å². The third-order valence-electron chi connectivity index (χ3n) is 3.62. The second-order valence-corrected chi connectivity index (χ2v) is 5.32. The predicted octanol–water partition coefficient (Wildman–Crippen LogP) is 3.23. The van der Waals surface area contributed by atoms with Gasteiger partial charge in [0.05, 0.1) is 5.56 Å². The molecule has 0 aromatic carbocycles. The van der Waals surface area contributed by atoms with Crippen LogP contribution in [0.25, 0.3) is 0 Å². The summed E-state index contributed by atoms with van der Waals surface area (Å²) in [5.41, 5.74) is 3.13. The molecule has 0 saturated heterocycles. The monoisotopic (exact) mass is 255 g/mol. The first-order valence-electron chi connectivity index (χ1n) is 6.97. The van der Waals surface area contributed by atoms with E-state index in [2.05, 4.69) is 31.4 Å². The standard InChI is InChI=1S/C16H21N3/c1-4-9-19(12(2)3)16-14(11-17)10-13-7-5-6-8-15(13)18-16/h4,10,12H,1,5-9H2,2-3H3.